The Labute approximate surface area is 245 Å². The second-order valence-corrected chi connectivity index (χ2v) is 11.3. The molecule has 42 heavy (non-hydrogen) atoms. The molecular weight excluding hydrogens is 574 g/mol. The van der Waals surface area contributed by atoms with Gasteiger partial charge in [0.1, 0.15) is 11.4 Å². The quantitative estimate of drug-likeness (QED) is 0.223. The van der Waals surface area contributed by atoms with E-state index in [1.54, 1.807) is 37.3 Å². The highest BCUT2D eigenvalue weighted by atomic mass is 35.5. The molecule has 2 saturated carbocycles. The number of fused-ring (bicyclic) bond motifs is 2. The summed E-state index contributed by atoms with van der Waals surface area (Å²) in [7, 11) is 0. The van der Waals surface area contributed by atoms with Crippen molar-refractivity contribution in [1.82, 2.24) is 15.6 Å². The van der Waals surface area contributed by atoms with Crippen LogP contribution >= 0.6 is 11.6 Å². The zero-order chi connectivity index (χ0) is 30.1. The monoisotopic (exact) mass is 603 g/mol. The van der Waals surface area contributed by atoms with Crippen LogP contribution < -0.4 is 10.6 Å². The molecule has 3 aromatic rings. The molecule has 11 heteroatoms. The molecule has 2 aliphatic rings. The van der Waals surface area contributed by atoms with Gasteiger partial charge in [0, 0.05) is 18.7 Å². The number of nitrogens with one attached hydrogen (secondary N) is 2. The Morgan fingerprint density at radius 1 is 1.02 bits per heavy atom. The van der Waals surface area contributed by atoms with Crippen molar-refractivity contribution >= 4 is 23.6 Å². The molecule has 5 atom stereocenters. The SMILES string of the molecule is CCOC(=O)[C@@H]1[C@@H]2CC[C@@H](C2)[C@@H]1NC(=O)N[C@@](Cc1ccccc1)(c1cc(F)cc(C(F)(F)F)c1)c1ccc(Cl)cn1. The molecule has 0 spiro atoms. The highest BCUT2D eigenvalue weighted by Gasteiger charge is 2.52. The molecule has 2 amide bonds. The first-order valence-corrected chi connectivity index (χ1v) is 14.2. The fourth-order valence-electron chi connectivity index (χ4n) is 6.51. The van der Waals surface area contributed by atoms with Crippen molar-refractivity contribution in [3.05, 3.63) is 100 Å². The molecule has 1 aromatic heterocycles. The van der Waals surface area contributed by atoms with Gasteiger partial charge in [-0.3, -0.25) is 9.78 Å². The molecule has 0 unspecified atom stereocenters. The summed E-state index contributed by atoms with van der Waals surface area (Å²) in [5.41, 5.74) is -2.31. The number of esters is 1. The number of halogens is 5. The third-order valence-electron chi connectivity index (χ3n) is 8.29. The summed E-state index contributed by atoms with van der Waals surface area (Å²) in [5.74, 6) is -1.91. The van der Waals surface area contributed by atoms with E-state index in [2.05, 4.69) is 15.6 Å². The lowest BCUT2D eigenvalue weighted by Gasteiger charge is -2.37. The van der Waals surface area contributed by atoms with Crippen LogP contribution in [-0.2, 0) is 27.7 Å². The Kier molecular flexibility index (Phi) is 8.46. The first-order valence-electron chi connectivity index (χ1n) is 13.8. The molecule has 0 saturated heterocycles. The summed E-state index contributed by atoms with van der Waals surface area (Å²) in [6, 6.07) is 12.7. The van der Waals surface area contributed by atoms with Crippen LogP contribution in [0.4, 0.5) is 22.4 Å². The maximum Gasteiger partial charge on any atom is 0.416 e. The van der Waals surface area contributed by atoms with Crippen LogP contribution in [0.5, 0.6) is 0 Å². The van der Waals surface area contributed by atoms with E-state index in [1.807, 2.05) is 0 Å². The minimum atomic E-state index is -4.85. The summed E-state index contributed by atoms with van der Waals surface area (Å²) < 4.78 is 61.8. The van der Waals surface area contributed by atoms with Crippen molar-refractivity contribution in [3.63, 3.8) is 0 Å². The number of nitrogens with zero attached hydrogens (tertiary/aromatic N) is 1. The zero-order valence-electron chi connectivity index (χ0n) is 22.8. The molecule has 222 valence electrons. The van der Waals surface area contributed by atoms with E-state index in [0.29, 0.717) is 11.6 Å². The molecule has 6 nitrogen and oxygen atoms in total. The number of urea groups is 1. The number of pyridine rings is 1. The van der Waals surface area contributed by atoms with Gasteiger partial charge in [-0.15, -0.1) is 0 Å². The fraction of sp³-hybridized carbons (Fsp3) is 0.387. The Bertz CT molecular complexity index is 1440. The van der Waals surface area contributed by atoms with Crippen molar-refractivity contribution < 1.29 is 31.9 Å². The summed E-state index contributed by atoms with van der Waals surface area (Å²) in [6.07, 6.45) is -1.15. The Morgan fingerprint density at radius 2 is 1.74 bits per heavy atom. The molecule has 2 aliphatic carbocycles. The maximum atomic E-state index is 14.9. The number of rotatable bonds is 8. The number of benzene rings is 2. The third-order valence-corrected chi connectivity index (χ3v) is 8.52. The zero-order valence-corrected chi connectivity index (χ0v) is 23.5. The van der Waals surface area contributed by atoms with Gasteiger partial charge in [-0.2, -0.15) is 13.2 Å². The molecule has 2 bridgehead atoms. The van der Waals surface area contributed by atoms with Crippen LogP contribution in [0.15, 0.2) is 66.9 Å². The number of ether oxygens (including phenoxy) is 1. The normalized spacial score (nSPS) is 22.8. The second-order valence-electron chi connectivity index (χ2n) is 10.9. The molecule has 1 heterocycles. The fourth-order valence-corrected chi connectivity index (χ4v) is 6.62. The van der Waals surface area contributed by atoms with Gasteiger partial charge >= 0.3 is 18.2 Å². The summed E-state index contributed by atoms with van der Waals surface area (Å²) in [6.45, 7) is 1.92. The highest BCUT2D eigenvalue weighted by molar-refractivity contribution is 6.30. The second kappa shape index (κ2) is 11.9. The predicted octanol–water partition coefficient (Wildman–Crippen LogP) is 6.66. The van der Waals surface area contributed by atoms with E-state index in [0.717, 1.165) is 31.4 Å². The van der Waals surface area contributed by atoms with E-state index in [4.69, 9.17) is 16.3 Å². The maximum absolute atomic E-state index is 14.9. The lowest BCUT2D eigenvalue weighted by atomic mass is 9.79. The minimum Gasteiger partial charge on any atom is -0.466 e. The Hall–Kier alpha value is -3.66. The van der Waals surface area contributed by atoms with Crippen molar-refractivity contribution in [1.29, 1.82) is 0 Å². The van der Waals surface area contributed by atoms with E-state index in [-0.39, 0.29) is 47.1 Å². The Balaban J connectivity index is 1.60. The Morgan fingerprint density at radius 3 is 2.40 bits per heavy atom. The van der Waals surface area contributed by atoms with Crippen LogP contribution in [-0.4, -0.2) is 29.6 Å². The lowest BCUT2D eigenvalue weighted by Crippen LogP contribution is -2.57. The van der Waals surface area contributed by atoms with Gasteiger partial charge in [-0.05, 0) is 79.5 Å². The number of hydrogen-bond donors (Lipinski definition) is 2. The molecule has 2 aromatic carbocycles. The van der Waals surface area contributed by atoms with Crippen molar-refractivity contribution in [2.45, 2.75) is 50.4 Å². The van der Waals surface area contributed by atoms with Crippen LogP contribution in [0.25, 0.3) is 0 Å². The number of aromatic nitrogens is 1. The summed E-state index contributed by atoms with van der Waals surface area (Å²) >= 11 is 6.09. The summed E-state index contributed by atoms with van der Waals surface area (Å²) in [5, 5.41) is 6.07. The van der Waals surface area contributed by atoms with Crippen LogP contribution in [0.3, 0.4) is 0 Å². The lowest BCUT2D eigenvalue weighted by molar-refractivity contribution is -0.150. The smallest absolute Gasteiger partial charge is 0.416 e. The number of amides is 2. The van der Waals surface area contributed by atoms with Crippen LogP contribution in [0, 0.1) is 23.6 Å². The van der Waals surface area contributed by atoms with Gasteiger partial charge in [0.25, 0.3) is 0 Å². The topological polar surface area (TPSA) is 80.3 Å². The molecule has 0 aliphatic heterocycles. The first kappa shape index (κ1) is 29.8. The van der Waals surface area contributed by atoms with Gasteiger partial charge < -0.3 is 15.4 Å². The van der Waals surface area contributed by atoms with Crippen molar-refractivity contribution in [2.75, 3.05) is 6.61 Å². The van der Waals surface area contributed by atoms with Crippen LogP contribution in [0.1, 0.15) is 48.6 Å². The number of hydrogen-bond acceptors (Lipinski definition) is 4. The standard InChI is InChI=1S/C31H30ClF4N3O3/c1-2-42-28(40)26-19-8-9-20(12-19)27(26)38-29(41)39-30(16-18-6-4-3-5-7-18,25-11-10-23(32)17-37-25)21-13-22(31(34,35)36)15-24(33)14-21/h3-7,10-11,13-15,17,19-20,26-27H,2,8-9,12,16H2,1H3,(H2,38,39,41)/t19-,20+,26-,27+,30+/m1/s1. The van der Waals surface area contributed by atoms with Crippen molar-refractivity contribution in [3.8, 4) is 0 Å². The van der Waals surface area contributed by atoms with Gasteiger partial charge in [-0.1, -0.05) is 41.9 Å². The molecule has 2 N–H and O–H groups in total. The van der Waals surface area contributed by atoms with E-state index >= 15 is 0 Å². The summed E-state index contributed by atoms with van der Waals surface area (Å²) in [4.78, 5) is 31.1. The van der Waals surface area contributed by atoms with E-state index in [1.165, 1.54) is 18.3 Å². The van der Waals surface area contributed by atoms with Gasteiger partial charge in [0.15, 0.2) is 0 Å². The van der Waals surface area contributed by atoms with Gasteiger partial charge in [-0.25, -0.2) is 9.18 Å². The number of carbonyl (C=O) groups is 2. The predicted molar refractivity (Wildman–Crippen MR) is 148 cm³/mol. The largest absolute Gasteiger partial charge is 0.466 e. The first-order chi connectivity index (χ1) is 20.0. The minimum absolute atomic E-state index is 0.0540. The molecule has 5 rings (SSSR count). The number of alkyl halides is 3. The average molecular weight is 604 g/mol. The molecule has 0 radical (unpaired) electrons. The number of carbonyl (C=O) groups excluding carboxylic acids is 2. The van der Waals surface area contributed by atoms with Crippen molar-refractivity contribution in [2.24, 2.45) is 17.8 Å². The molecule has 2 fully saturated rings. The van der Waals surface area contributed by atoms with Gasteiger partial charge in [0.2, 0.25) is 0 Å². The highest BCUT2D eigenvalue weighted by Crippen LogP contribution is 2.49. The molecular formula is C31H30ClF4N3O3. The van der Waals surface area contributed by atoms with E-state index < -0.39 is 41.1 Å². The van der Waals surface area contributed by atoms with E-state index in [9.17, 15) is 27.2 Å². The third kappa shape index (κ3) is 6.09. The average Bonchev–Trinajstić information content (AvgIpc) is 3.55. The van der Waals surface area contributed by atoms with Gasteiger partial charge in [0.05, 0.1) is 28.8 Å². The van der Waals surface area contributed by atoms with Crippen LogP contribution in [0.2, 0.25) is 5.02 Å².